The van der Waals surface area contributed by atoms with E-state index in [9.17, 15) is 0 Å². The van der Waals surface area contributed by atoms with Crippen LogP contribution in [-0.4, -0.2) is 11.0 Å². The molecule has 1 heterocycles. The smallest absolute Gasteiger partial charge is 0.0975 e. The summed E-state index contributed by atoms with van der Waals surface area (Å²) in [5, 5.41) is 4.86. The summed E-state index contributed by atoms with van der Waals surface area (Å²) in [6, 6.07) is 9.38. The first-order chi connectivity index (χ1) is 9.76. The summed E-state index contributed by atoms with van der Waals surface area (Å²) in [7, 11) is 0. The van der Waals surface area contributed by atoms with Crippen LogP contribution in [0.5, 0.6) is 0 Å². The standard InChI is InChI=1S/C17H22N2S/c1-3-15-16(11-18-14-8-9-14)20-17(19-15)10-13-7-5-4-6-12(13)2/h4-7,14,18H,3,8-11H2,1-2H3. The summed E-state index contributed by atoms with van der Waals surface area (Å²) >= 11 is 1.88. The molecular formula is C17H22N2S. The molecule has 2 aromatic rings. The predicted octanol–water partition coefficient (Wildman–Crippen LogP) is 3.86. The largest absolute Gasteiger partial charge is 0.309 e. The molecule has 3 heteroatoms. The second-order valence-electron chi connectivity index (χ2n) is 5.59. The van der Waals surface area contributed by atoms with Crippen molar-refractivity contribution in [3.8, 4) is 0 Å². The number of rotatable bonds is 6. The Hall–Kier alpha value is -1.19. The van der Waals surface area contributed by atoms with E-state index in [0.29, 0.717) is 0 Å². The van der Waals surface area contributed by atoms with Crippen molar-refractivity contribution in [3.63, 3.8) is 0 Å². The lowest BCUT2D eigenvalue weighted by Gasteiger charge is -2.02. The second kappa shape index (κ2) is 6.06. The predicted molar refractivity (Wildman–Crippen MR) is 85.3 cm³/mol. The van der Waals surface area contributed by atoms with E-state index in [1.165, 1.54) is 39.5 Å². The Morgan fingerprint density at radius 1 is 1.30 bits per heavy atom. The molecule has 1 aromatic heterocycles. The van der Waals surface area contributed by atoms with Crippen molar-refractivity contribution < 1.29 is 0 Å². The number of nitrogens with zero attached hydrogens (tertiary/aromatic N) is 1. The van der Waals surface area contributed by atoms with Crippen molar-refractivity contribution in [2.24, 2.45) is 0 Å². The zero-order chi connectivity index (χ0) is 13.9. The van der Waals surface area contributed by atoms with Crippen LogP contribution >= 0.6 is 11.3 Å². The summed E-state index contributed by atoms with van der Waals surface area (Å²) in [5.41, 5.74) is 4.04. The van der Waals surface area contributed by atoms with Crippen LogP contribution in [0.3, 0.4) is 0 Å². The molecule has 1 saturated carbocycles. The van der Waals surface area contributed by atoms with E-state index in [-0.39, 0.29) is 0 Å². The summed E-state index contributed by atoms with van der Waals surface area (Å²) < 4.78 is 0. The van der Waals surface area contributed by atoms with E-state index in [0.717, 1.165) is 25.4 Å². The molecule has 20 heavy (non-hydrogen) atoms. The average Bonchev–Trinajstić information content (AvgIpc) is 3.20. The Labute approximate surface area is 125 Å². The fraction of sp³-hybridized carbons (Fsp3) is 0.471. The summed E-state index contributed by atoms with van der Waals surface area (Å²) in [6.07, 6.45) is 4.69. The highest BCUT2D eigenvalue weighted by Gasteiger charge is 2.21. The SMILES string of the molecule is CCc1nc(Cc2ccccc2C)sc1CNC1CC1. The topological polar surface area (TPSA) is 24.9 Å². The minimum absolute atomic E-state index is 0.765. The molecule has 0 saturated heterocycles. The Kier molecular flexibility index (Phi) is 4.18. The summed E-state index contributed by atoms with van der Waals surface area (Å²) in [6.45, 7) is 5.38. The van der Waals surface area contributed by atoms with Crippen LogP contribution in [0.25, 0.3) is 0 Å². The molecule has 0 amide bonds. The van der Waals surface area contributed by atoms with Gasteiger partial charge in [-0.15, -0.1) is 11.3 Å². The average molecular weight is 286 g/mol. The van der Waals surface area contributed by atoms with E-state index >= 15 is 0 Å². The van der Waals surface area contributed by atoms with Crippen molar-refractivity contribution in [1.29, 1.82) is 0 Å². The summed E-state index contributed by atoms with van der Waals surface area (Å²) in [5.74, 6) is 0. The van der Waals surface area contributed by atoms with Crippen LogP contribution in [-0.2, 0) is 19.4 Å². The molecular weight excluding hydrogens is 264 g/mol. The van der Waals surface area contributed by atoms with Gasteiger partial charge in [0.15, 0.2) is 0 Å². The fourth-order valence-corrected chi connectivity index (χ4v) is 3.55. The lowest BCUT2D eigenvalue weighted by molar-refractivity contribution is 0.689. The Bertz CT molecular complexity index is 584. The van der Waals surface area contributed by atoms with Gasteiger partial charge >= 0.3 is 0 Å². The third kappa shape index (κ3) is 3.28. The molecule has 1 aliphatic carbocycles. The monoisotopic (exact) mass is 286 g/mol. The minimum atomic E-state index is 0.765. The third-order valence-electron chi connectivity index (χ3n) is 3.89. The van der Waals surface area contributed by atoms with Gasteiger partial charge in [-0.25, -0.2) is 4.98 Å². The first kappa shape index (κ1) is 13.8. The van der Waals surface area contributed by atoms with E-state index in [1.54, 1.807) is 0 Å². The molecule has 0 bridgehead atoms. The number of aryl methyl sites for hydroxylation is 2. The molecule has 106 valence electrons. The Morgan fingerprint density at radius 3 is 2.80 bits per heavy atom. The van der Waals surface area contributed by atoms with Gasteiger partial charge < -0.3 is 5.32 Å². The molecule has 1 fully saturated rings. The quantitative estimate of drug-likeness (QED) is 0.872. The lowest BCUT2D eigenvalue weighted by atomic mass is 10.1. The molecule has 1 N–H and O–H groups in total. The molecule has 0 spiro atoms. The molecule has 1 aromatic carbocycles. The normalized spacial score (nSPS) is 14.7. The highest BCUT2D eigenvalue weighted by Crippen LogP contribution is 2.25. The van der Waals surface area contributed by atoms with Gasteiger partial charge in [0.2, 0.25) is 0 Å². The molecule has 0 aliphatic heterocycles. The number of hydrogen-bond donors (Lipinski definition) is 1. The number of aromatic nitrogens is 1. The highest BCUT2D eigenvalue weighted by atomic mass is 32.1. The van der Waals surface area contributed by atoms with E-state index < -0.39 is 0 Å². The van der Waals surface area contributed by atoms with Gasteiger partial charge in [-0.05, 0) is 37.3 Å². The highest BCUT2D eigenvalue weighted by molar-refractivity contribution is 7.11. The van der Waals surface area contributed by atoms with Gasteiger partial charge in [0.05, 0.1) is 10.7 Å². The van der Waals surface area contributed by atoms with Crippen LogP contribution in [0.2, 0.25) is 0 Å². The van der Waals surface area contributed by atoms with Crippen molar-refractivity contribution in [3.05, 3.63) is 51.0 Å². The number of hydrogen-bond acceptors (Lipinski definition) is 3. The van der Waals surface area contributed by atoms with Crippen LogP contribution < -0.4 is 5.32 Å². The number of nitrogens with one attached hydrogen (secondary N) is 1. The van der Waals surface area contributed by atoms with Gasteiger partial charge in [0.1, 0.15) is 0 Å². The van der Waals surface area contributed by atoms with Crippen LogP contribution in [0, 0.1) is 6.92 Å². The van der Waals surface area contributed by atoms with E-state index in [4.69, 9.17) is 4.98 Å². The fourth-order valence-electron chi connectivity index (χ4n) is 2.42. The van der Waals surface area contributed by atoms with E-state index in [1.807, 2.05) is 11.3 Å². The van der Waals surface area contributed by atoms with Crippen molar-refractivity contribution >= 4 is 11.3 Å². The van der Waals surface area contributed by atoms with Gasteiger partial charge in [0.25, 0.3) is 0 Å². The van der Waals surface area contributed by atoms with Crippen LogP contribution in [0.4, 0.5) is 0 Å². The molecule has 3 rings (SSSR count). The van der Waals surface area contributed by atoms with Gasteiger partial charge in [-0.1, -0.05) is 31.2 Å². The van der Waals surface area contributed by atoms with Crippen molar-refractivity contribution in [2.75, 3.05) is 0 Å². The number of benzene rings is 1. The second-order valence-corrected chi connectivity index (χ2v) is 6.76. The lowest BCUT2D eigenvalue weighted by Crippen LogP contribution is -2.15. The Morgan fingerprint density at radius 2 is 2.10 bits per heavy atom. The number of thiazole rings is 1. The molecule has 2 nitrogen and oxygen atoms in total. The first-order valence-electron chi connectivity index (χ1n) is 7.51. The van der Waals surface area contributed by atoms with Gasteiger partial charge in [-0.2, -0.15) is 0 Å². The zero-order valence-corrected chi connectivity index (χ0v) is 13.1. The summed E-state index contributed by atoms with van der Waals surface area (Å²) in [4.78, 5) is 6.28. The maximum Gasteiger partial charge on any atom is 0.0975 e. The first-order valence-corrected chi connectivity index (χ1v) is 8.33. The Balaban J connectivity index is 1.74. The third-order valence-corrected chi connectivity index (χ3v) is 4.99. The van der Waals surface area contributed by atoms with Crippen molar-refractivity contribution in [1.82, 2.24) is 10.3 Å². The molecule has 0 unspecified atom stereocenters. The van der Waals surface area contributed by atoms with E-state index in [2.05, 4.69) is 43.4 Å². The van der Waals surface area contributed by atoms with Gasteiger partial charge in [0, 0.05) is 23.9 Å². The maximum atomic E-state index is 4.84. The molecule has 0 atom stereocenters. The zero-order valence-electron chi connectivity index (χ0n) is 12.3. The molecule has 1 aliphatic rings. The minimum Gasteiger partial charge on any atom is -0.309 e. The van der Waals surface area contributed by atoms with Crippen LogP contribution in [0.15, 0.2) is 24.3 Å². The molecule has 0 radical (unpaired) electrons. The van der Waals surface area contributed by atoms with Crippen molar-refractivity contribution in [2.45, 2.75) is 52.1 Å². The van der Waals surface area contributed by atoms with Gasteiger partial charge in [-0.3, -0.25) is 0 Å². The van der Waals surface area contributed by atoms with Crippen LogP contribution in [0.1, 0.15) is 46.5 Å². The maximum absolute atomic E-state index is 4.84.